The number of thioether (sulfide) groups is 1. The maximum absolute atomic E-state index is 12.6. The zero-order valence-electron chi connectivity index (χ0n) is 19.7. The number of hydrogen-bond donors (Lipinski definition) is 5. The minimum atomic E-state index is -0.833. The van der Waals surface area contributed by atoms with Crippen molar-refractivity contribution in [1.82, 2.24) is 20.9 Å². The summed E-state index contributed by atoms with van der Waals surface area (Å²) in [6, 6.07) is 6.06. The number of benzene rings is 1. The van der Waals surface area contributed by atoms with Crippen molar-refractivity contribution in [2.75, 3.05) is 27.0 Å². The molecule has 1 aromatic carbocycles. The fourth-order valence-electron chi connectivity index (χ4n) is 3.60. The molecule has 2 aromatic rings. The molecule has 1 heterocycles. The van der Waals surface area contributed by atoms with E-state index in [-0.39, 0.29) is 23.7 Å². The number of hydrogen-bond acceptors (Lipinski definition) is 7. The summed E-state index contributed by atoms with van der Waals surface area (Å²) in [5.41, 5.74) is 7.45. The molecule has 0 saturated heterocycles. The van der Waals surface area contributed by atoms with Gasteiger partial charge < -0.3 is 31.4 Å². The summed E-state index contributed by atoms with van der Waals surface area (Å²) >= 11 is 1.39. The Morgan fingerprint density at radius 3 is 2.42 bits per heavy atom. The number of nitrogens with two attached hydrogens (primary N) is 1. The Kier molecular flexibility index (Phi) is 10.7. The average Bonchev–Trinajstić information content (AvgIpc) is 3.16. The number of unbranched alkanes of at least 4 members (excludes halogenated alkanes) is 1. The molecule has 10 heteroatoms. The van der Waals surface area contributed by atoms with Gasteiger partial charge >= 0.3 is 5.97 Å². The third kappa shape index (κ3) is 7.21. The summed E-state index contributed by atoms with van der Waals surface area (Å²) in [5.74, 6) is -0.936. The number of fused-ring (bicyclic) bond motifs is 1. The van der Waals surface area contributed by atoms with Crippen LogP contribution in [0, 0.1) is 0 Å². The Labute approximate surface area is 199 Å². The van der Waals surface area contributed by atoms with Crippen LogP contribution in [0.1, 0.15) is 31.7 Å². The number of aromatic nitrogens is 1. The lowest BCUT2D eigenvalue weighted by atomic mass is 10.1. The summed E-state index contributed by atoms with van der Waals surface area (Å²) in [7, 11) is 4.79. The number of H-pyrrole nitrogens is 1. The molecule has 2 amide bonds. The molecule has 0 saturated carbocycles. The topological polar surface area (TPSA) is 138 Å². The second-order valence-corrected chi connectivity index (χ2v) is 8.84. The van der Waals surface area contributed by atoms with Crippen molar-refractivity contribution in [3.63, 3.8) is 0 Å². The van der Waals surface area contributed by atoms with Gasteiger partial charge in [0.1, 0.15) is 12.1 Å². The minimum Gasteiger partial charge on any atom is -0.468 e. The van der Waals surface area contributed by atoms with Crippen LogP contribution in [0.25, 0.3) is 10.9 Å². The molecule has 0 aliphatic rings. The van der Waals surface area contributed by atoms with Crippen LogP contribution in [0.4, 0.5) is 0 Å². The largest absolute Gasteiger partial charge is 0.468 e. The average molecular weight is 478 g/mol. The van der Waals surface area contributed by atoms with E-state index < -0.39 is 18.0 Å². The SMILES string of the molecule is CCCC[C@@H](NC)C(=O)N[C@H](CSc1[nH]c2ccccc2c1C[C@H](NC)C(=O)OC)C(N)=O. The highest BCUT2D eigenvalue weighted by Gasteiger charge is 2.26. The number of aromatic amines is 1. The smallest absolute Gasteiger partial charge is 0.323 e. The van der Waals surface area contributed by atoms with Crippen molar-refractivity contribution in [2.24, 2.45) is 5.73 Å². The molecule has 1 aromatic heterocycles. The Hall–Kier alpha value is -2.56. The van der Waals surface area contributed by atoms with Crippen molar-refractivity contribution in [2.45, 2.75) is 55.8 Å². The van der Waals surface area contributed by atoms with E-state index in [0.717, 1.165) is 34.3 Å². The second kappa shape index (κ2) is 13.2. The van der Waals surface area contributed by atoms with Gasteiger partial charge in [-0.1, -0.05) is 38.0 Å². The number of nitrogens with one attached hydrogen (secondary N) is 4. The summed E-state index contributed by atoms with van der Waals surface area (Å²) in [4.78, 5) is 40.2. The summed E-state index contributed by atoms with van der Waals surface area (Å²) < 4.78 is 4.91. The van der Waals surface area contributed by atoms with E-state index in [1.807, 2.05) is 24.3 Å². The summed E-state index contributed by atoms with van der Waals surface area (Å²) in [6.07, 6.45) is 2.97. The van der Waals surface area contributed by atoms with Crippen LogP contribution < -0.4 is 21.7 Å². The molecule has 6 N–H and O–H groups in total. The van der Waals surface area contributed by atoms with Gasteiger partial charge in [-0.05, 0) is 32.1 Å². The zero-order valence-corrected chi connectivity index (χ0v) is 20.5. The number of likely N-dealkylation sites (N-methyl/N-ethyl adjacent to an activating group) is 2. The van der Waals surface area contributed by atoms with E-state index in [1.165, 1.54) is 18.9 Å². The molecule has 0 spiro atoms. The molecule has 9 nitrogen and oxygen atoms in total. The lowest BCUT2D eigenvalue weighted by Gasteiger charge is -2.20. The van der Waals surface area contributed by atoms with E-state index in [1.54, 1.807) is 14.1 Å². The van der Waals surface area contributed by atoms with Gasteiger partial charge in [0.25, 0.3) is 0 Å². The first kappa shape index (κ1) is 26.7. The van der Waals surface area contributed by atoms with E-state index in [4.69, 9.17) is 10.5 Å². The second-order valence-electron chi connectivity index (χ2n) is 7.80. The van der Waals surface area contributed by atoms with Crippen LogP contribution >= 0.6 is 11.8 Å². The van der Waals surface area contributed by atoms with E-state index in [9.17, 15) is 14.4 Å². The first-order valence-corrected chi connectivity index (χ1v) is 12.1. The maximum atomic E-state index is 12.6. The normalized spacial score (nSPS) is 13.9. The van der Waals surface area contributed by atoms with Gasteiger partial charge in [0.05, 0.1) is 18.2 Å². The zero-order chi connectivity index (χ0) is 24.4. The first-order valence-electron chi connectivity index (χ1n) is 11.1. The lowest BCUT2D eigenvalue weighted by Crippen LogP contribution is -2.52. The number of rotatable bonds is 14. The van der Waals surface area contributed by atoms with Crippen LogP contribution in [0.5, 0.6) is 0 Å². The van der Waals surface area contributed by atoms with Crippen LogP contribution in [0.3, 0.4) is 0 Å². The van der Waals surface area contributed by atoms with Gasteiger partial charge in [-0.3, -0.25) is 14.4 Å². The molecular formula is C23H35N5O4S. The molecule has 33 heavy (non-hydrogen) atoms. The van der Waals surface area contributed by atoms with Crippen molar-refractivity contribution < 1.29 is 19.1 Å². The fraction of sp³-hybridized carbons (Fsp3) is 0.522. The first-order chi connectivity index (χ1) is 15.9. The summed E-state index contributed by atoms with van der Waals surface area (Å²) in [5, 5.41) is 10.6. The molecule has 0 aliphatic carbocycles. The highest BCUT2D eigenvalue weighted by atomic mass is 32.2. The minimum absolute atomic E-state index is 0.242. The number of carbonyl (C=O) groups excluding carboxylic acids is 3. The van der Waals surface area contributed by atoms with E-state index in [2.05, 4.69) is 27.9 Å². The van der Waals surface area contributed by atoms with Crippen LogP contribution in [-0.2, 0) is 25.5 Å². The Morgan fingerprint density at radius 1 is 1.12 bits per heavy atom. The van der Waals surface area contributed by atoms with Crippen molar-refractivity contribution in [3.8, 4) is 0 Å². The number of carbonyl (C=O) groups is 3. The maximum Gasteiger partial charge on any atom is 0.323 e. The van der Waals surface area contributed by atoms with E-state index >= 15 is 0 Å². The molecule has 0 unspecified atom stereocenters. The molecule has 2 rings (SSSR count). The molecule has 182 valence electrons. The molecule has 0 radical (unpaired) electrons. The van der Waals surface area contributed by atoms with Gasteiger partial charge in [0.2, 0.25) is 11.8 Å². The standard InChI is InChI=1S/C23H35N5O4S/c1-5-6-10-17(25-2)21(30)27-19(20(24)29)13-33-22-15(12-18(26-3)23(31)32-4)14-9-7-8-11-16(14)28-22/h7-9,11,17-19,25-26,28H,5-6,10,12-13H2,1-4H3,(H2,24,29)(H,27,30)/t17-,18+,19-/m1/s1. The molecular weight excluding hydrogens is 442 g/mol. The van der Waals surface area contributed by atoms with Crippen molar-refractivity contribution in [1.29, 1.82) is 0 Å². The third-order valence-corrected chi connectivity index (χ3v) is 6.72. The summed E-state index contributed by atoms with van der Waals surface area (Å²) in [6.45, 7) is 2.06. The van der Waals surface area contributed by atoms with Crippen LogP contribution in [0.15, 0.2) is 29.3 Å². The molecule has 3 atom stereocenters. The van der Waals surface area contributed by atoms with Gasteiger partial charge in [0, 0.05) is 23.1 Å². The predicted octanol–water partition coefficient (Wildman–Crippen LogP) is 1.31. The number of ether oxygens (including phenoxy) is 1. The third-order valence-electron chi connectivity index (χ3n) is 5.58. The van der Waals surface area contributed by atoms with Crippen LogP contribution in [-0.4, -0.2) is 67.9 Å². The van der Waals surface area contributed by atoms with Crippen LogP contribution in [0.2, 0.25) is 0 Å². The number of para-hydroxylation sites is 1. The van der Waals surface area contributed by atoms with Gasteiger partial charge in [-0.25, -0.2) is 0 Å². The molecule has 0 fully saturated rings. The fourth-order valence-corrected chi connectivity index (χ4v) is 4.73. The van der Waals surface area contributed by atoms with Gasteiger partial charge in [0.15, 0.2) is 0 Å². The van der Waals surface area contributed by atoms with Gasteiger partial charge in [-0.15, -0.1) is 11.8 Å². The number of esters is 1. The highest BCUT2D eigenvalue weighted by Crippen LogP contribution is 2.31. The number of amides is 2. The van der Waals surface area contributed by atoms with Crippen molar-refractivity contribution >= 4 is 40.4 Å². The Morgan fingerprint density at radius 2 is 1.82 bits per heavy atom. The highest BCUT2D eigenvalue weighted by molar-refractivity contribution is 7.99. The van der Waals surface area contributed by atoms with E-state index in [0.29, 0.717) is 12.8 Å². The molecule has 0 aliphatic heterocycles. The Bertz CT molecular complexity index is 948. The van der Waals surface area contributed by atoms with Gasteiger partial charge in [-0.2, -0.15) is 0 Å². The predicted molar refractivity (Wildman–Crippen MR) is 131 cm³/mol. The van der Waals surface area contributed by atoms with Crippen molar-refractivity contribution in [3.05, 3.63) is 29.8 Å². The quantitative estimate of drug-likeness (QED) is 0.204. The number of primary amides is 1. The Balaban J connectivity index is 2.21. The molecule has 0 bridgehead atoms. The lowest BCUT2D eigenvalue weighted by molar-refractivity contribution is -0.143. The number of methoxy groups -OCH3 is 1. The monoisotopic (exact) mass is 477 g/mol.